The number of carboxylic acids is 1. The number of hydrogen-bond acceptors (Lipinski definition) is 1. The normalized spacial score (nSPS) is 28.8. The van der Waals surface area contributed by atoms with Crippen LogP contribution in [0.5, 0.6) is 0 Å². The molecule has 1 aromatic rings. The van der Waals surface area contributed by atoms with E-state index in [1.807, 2.05) is 12.1 Å². The Kier molecular flexibility index (Phi) is 7.05. The van der Waals surface area contributed by atoms with Gasteiger partial charge in [-0.25, -0.2) is 4.79 Å². The van der Waals surface area contributed by atoms with E-state index < -0.39 is 18.6 Å². The fraction of sp³-hybridized carbons (Fsp3) is 0.696. The second kappa shape index (κ2) is 9.32. The number of rotatable bonds is 6. The van der Waals surface area contributed by atoms with Gasteiger partial charge in [0.15, 0.2) is 0 Å². The maximum Gasteiger partial charge on any atom is 0.389 e. The van der Waals surface area contributed by atoms with Crippen LogP contribution in [0, 0.1) is 17.8 Å². The van der Waals surface area contributed by atoms with E-state index in [4.69, 9.17) is 5.11 Å². The lowest BCUT2D eigenvalue weighted by atomic mass is 9.68. The van der Waals surface area contributed by atoms with E-state index in [1.54, 1.807) is 12.1 Å². The highest BCUT2D eigenvalue weighted by molar-refractivity contribution is 5.87. The first-order valence-corrected chi connectivity index (χ1v) is 10.7. The average molecular weight is 396 g/mol. The van der Waals surface area contributed by atoms with Gasteiger partial charge in [-0.3, -0.25) is 0 Å². The average Bonchev–Trinajstić information content (AvgIpc) is 2.68. The zero-order valence-electron chi connectivity index (χ0n) is 16.4. The van der Waals surface area contributed by atoms with Crippen molar-refractivity contribution in [1.82, 2.24) is 0 Å². The molecular weight excluding hydrogens is 365 g/mol. The maximum atomic E-state index is 12.3. The van der Waals surface area contributed by atoms with E-state index in [0.717, 1.165) is 43.9 Å². The molecule has 0 saturated heterocycles. The van der Waals surface area contributed by atoms with E-state index in [-0.39, 0.29) is 6.42 Å². The highest BCUT2D eigenvalue weighted by atomic mass is 19.4. The Bertz CT molecular complexity index is 622. The van der Waals surface area contributed by atoms with Crippen molar-refractivity contribution in [3.05, 3.63) is 35.4 Å². The van der Waals surface area contributed by atoms with Gasteiger partial charge in [0.1, 0.15) is 0 Å². The summed E-state index contributed by atoms with van der Waals surface area (Å²) in [5.41, 5.74) is 1.58. The summed E-state index contributed by atoms with van der Waals surface area (Å²) >= 11 is 0. The molecule has 28 heavy (non-hydrogen) atoms. The van der Waals surface area contributed by atoms with Crippen LogP contribution in [0.3, 0.4) is 0 Å². The van der Waals surface area contributed by atoms with Crippen molar-refractivity contribution < 1.29 is 23.1 Å². The molecule has 3 rings (SSSR count). The molecule has 0 heterocycles. The third-order valence-electron chi connectivity index (χ3n) is 7.03. The van der Waals surface area contributed by atoms with Crippen molar-refractivity contribution in [3.63, 3.8) is 0 Å². The van der Waals surface area contributed by atoms with Gasteiger partial charge in [0, 0.05) is 6.42 Å². The van der Waals surface area contributed by atoms with Gasteiger partial charge >= 0.3 is 12.1 Å². The lowest BCUT2D eigenvalue weighted by Gasteiger charge is -2.38. The number of carbonyl (C=O) groups is 1. The van der Waals surface area contributed by atoms with E-state index in [2.05, 4.69) is 0 Å². The van der Waals surface area contributed by atoms with E-state index in [0.29, 0.717) is 17.4 Å². The number of aromatic carboxylic acids is 1. The van der Waals surface area contributed by atoms with Gasteiger partial charge in [0.2, 0.25) is 0 Å². The van der Waals surface area contributed by atoms with Gasteiger partial charge in [-0.05, 0) is 86.3 Å². The molecule has 0 aliphatic heterocycles. The molecule has 1 N–H and O–H groups in total. The van der Waals surface area contributed by atoms with Crippen LogP contribution in [0.2, 0.25) is 0 Å². The van der Waals surface area contributed by atoms with Crippen molar-refractivity contribution >= 4 is 5.97 Å². The molecule has 2 aliphatic rings. The minimum Gasteiger partial charge on any atom is -0.478 e. The van der Waals surface area contributed by atoms with Crippen molar-refractivity contribution in [2.45, 2.75) is 82.7 Å². The topological polar surface area (TPSA) is 37.3 Å². The molecule has 0 amide bonds. The van der Waals surface area contributed by atoms with E-state index in [9.17, 15) is 18.0 Å². The fourth-order valence-corrected chi connectivity index (χ4v) is 5.36. The van der Waals surface area contributed by atoms with Crippen molar-refractivity contribution in [1.29, 1.82) is 0 Å². The summed E-state index contributed by atoms with van der Waals surface area (Å²) in [6.07, 6.45) is 5.66. The summed E-state index contributed by atoms with van der Waals surface area (Å²) < 4.78 is 36.9. The van der Waals surface area contributed by atoms with Gasteiger partial charge < -0.3 is 5.11 Å². The summed E-state index contributed by atoms with van der Waals surface area (Å²) in [6, 6.07) is 7.31. The SMILES string of the molecule is O=C(O)c1ccc(C2CCC(C3CCC(CCCC(F)(F)F)CC3)CC2)cc1. The number of carboxylic acid groups (broad SMARTS) is 1. The summed E-state index contributed by atoms with van der Waals surface area (Å²) in [4.78, 5) is 11.0. The second-order valence-corrected chi connectivity index (χ2v) is 8.83. The van der Waals surface area contributed by atoms with Crippen LogP contribution in [0.25, 0.3) is 0 Å². The van der Waals surface area contributed by atoms with Gasteiger partial charge in [-0.15, -0.1) is 0 Å². The van der Waals surface area contributed by atoms with Gasteiger partial charge in [-0.1, -0.05) is 31.4 Å². The van der Waals surface area contributed by atoms with Crippen LogP contribution in [-0.4, -0.2) is 17.3 Å². The Morgan fingerprint density at radius 3 is 1.93 bits per heavy atom. The Hall–Kier alpha value is -1.52. The van der Waals surface area contributed by atoms with Crippen LogP contribution in [0.4, 0.5) is 13.2 Å². The lowest BCUT2D eigenvalue weighted by molar-refractivity contribution is -0.136. The molecule has 0 bridgehead atoms. The summed E-state index contributed by atoms with van der Waals surface area (Å²) in [5, 5.41) is 9.02. The third kappa shape index (κ3) is 5.99. The zero-order chi connectivity index (χ0) is 20.1. The van der Waals surface area contributed by atoms with Crippen LogP contribution in [-0.2, 0) is 0 Å². The number of alkyl halides is 3. The van der Waals surface area contributed by atoms with Crippen LogP contribution in [0.1, 0.15) is 92.5 Å². The first-order valence-electron chi connectivity index (χ1n) is 10.7. The second-order valence-electron chi connectivity index (χ2n) is 8.83. The highest BCUT2D eigenvalue weighted by Gasteiger charge is 2.32. The first-order chi connectivity index (χ1) is 13.3. The van der Waals surface area contributed by atoms with Gasteiger partial charge in [-0.2, -0.15) is 13.2 Å². The highest BCUT2D eigenvalue weighted by Crippen LogP contribution is 2.44. The lowest BCUT2D eigenvalue weighted by Crippen LogP contribution is -2.25. The molecule has 2 saturated carbocycles. The predicted octanol–water partition coefficient (Wildman–Crippen LogP) is 7.20. The number of hydrogen-bond donors (Lipinski definition) is 1. The molecule has 156 valence electrons. The molecule has 0 aromatic heterocycles. The van der Waals surface area contributed by atoms with Crippen molar-refractivity contribution in [3.8, 4) is 0 Å². The summed E-state index contributed by atoms with van der Waals surface area (Å²) in [5.74, 6) is 1.63. The largest absolute Gasteiger partial charge is 0.478 e. The third-order valence-corrected chi connectivity index (χ3v) is 7.03. The van der Waals surface area contributed by atoms with E-state index >= 15 is 0 Å². The van der Waals surface area contributed by atoms with Crippen LogP contribution < -0.4 is 0 Å². The molecule has 2 nitrogen and oxygen atoms in total. The molecule has 0 radical (unpaired) electrons. The molecule has 2 fully saturated rings. The minimum absolute atomic E-state index is 0.282. The molecule has 0 unspecified atom stereocenters. The Balaban J connectivity index is 1.39. The smallest absolute Gasteiger partial charge is 0.389 e. The molecule has 5 heteroatoms. The maximum absolute atomic E-state index is 12.3. The standard InChI is InChI=1S/C23H31F3O2/c24-23(25,26)15-1-2-16-3-5-17(6-4-16)18-7-9-19(10-8-18)20-11-13-21(14-12-20)22(27)28/h11-14,16-19H,1-10,15H2,(H,27,28). The number of benzene rings is 1. The van der Waals surface area contributed by atoms with Crippen molar-refractivity contribution in [2.75, 3.05) is 0 Å². The Morgan fingerprint density at radius 2 is 1.43 bits per heavy atom. The minimum atomic E-state index is -4.01. The monoisotopic (exact) mass is 396 g/mol. The Morgan fingerprint density at radius 1 is 0.893 bits per heavy atom. The van der Waals surface area contributed by atoms with Crippen molar-refractivity contribution in [2.24, 2.45) is 17.8 Å². The van der Waals surface area contributed by atoms with Gasteiger partial charge in [0.05, 0.1) is 5.56 Å². The molecule has 1 aromatic carbocycles. The Labute approximate surface area is 165 Å². The van der Waals surface area contributed by atoms with Gasteiger partial charge in [0.25, 0.3) is 0 Å². The molecule has 0 atom stereocenters. The first kappa shape index (κ1) is 21.2. The number of halogens is 3. The fourth-order valence-electron chi connectivity index (χ4n) is 5.36. The molecule has 2 aliphatic carbocycles. The molecular formula is C23H31F3O2. The van der Waals surface area contributed by atoms with Crippen LogP contribution in [0.15, 0.2) is 24.3 Å². The molecule has 0 spiro atoms. The van der Waals surface area contributed by atoms with E-state index in [1.165, 1.54) is 31.2 Å². The summed E-state index contributed by atoms with van der Waals surface area (Å²) in [7, 11) is 0. The zero-order valence-corrected chi connectivity index (χ0v) is 16.4. The summed E-state index contributed by atoms with van der Waals surface area (Å²) in [6.45, 7) is 0. The predicted molar refractivity (Wildman–Crippen MR) is 103 cm³/mol. The quantitative estimate of drug-likeness (QED) is 0.552. The van der Waals surface area contributed by atoms with Crippen LogP contribution >= 0.6 is 0 Å².